The SMILES string of the molecule is C/C=C1\C=C(/CC)c2cc(ccc2O)C(N(C)C2(CNC(=O)CNC)CC2)C(=O)NCC(=O)NCC1. The fourth-order valence-corrected chi connectivity index (χ4v) is 4.66. The Hall–Kier alpha value is -3.17. The van der Waals surface area contributed by atoms with Crippen molar-refractivity contribution in [1.29, 1.82) is 0 Å². The molecule has 1 heterocycles. The molecule has 9 nitrogen and oxygen atoms in total. The van der Waals surface area contributed by atoms with Gasteiger partial charge in [0, 0.05) is 24.2 Å². The summed E-state index contributed by atoms with van der Waals surface area (Å²) in [5.41, 5.74) is 3.05. The number of likely N-dealkylation sites (N-methyl/N-ethyl adjacent to an activating group) is 2. The van der Waals surface area contributed by atoms with Crippen LogP contribution in [0.25, 0.3) is 5.57 Å². The van der Waals surface area contributed by atoms with E-state index in [1.54, 1.807) is 19.2 Å². The monoisotopic (exact) mass is 497 g/mol. The summed E-state index contributed by atoms with van der Waals surface area (Å²) in [5, 5.41) is 22.2. The van der Waals surface area contributed by atoms with Crippen LogP contribution in [0.15, 0.2) is 35.9 Å². The summed E-state index contributed by atoms with van der Waals surface area (Å²) in [4.78, 5) is 40.0. The summed E-state index contributed by atoms with van der Waals surface area (Å²) in [6.45, 7) is 4.95. The van der Waals surface area contributed by atoms with E-state index in [1.165, 1.54) is 0 Å². The highest BCUT2D eigenvalue weighted by Gasteiger charge is 2.50. The first-order valence-corrected chi connectivity index (χ1v) is 12.6. The van der Waals surface area contributed by atoms with Crippen LogP contribution in [-0.4, -0.2) is 73.5 Å². The number of phenols is 1. The van der Waals surface area contributed by atoms with Crippen LogP contribution < -0.4 is 21.3 Å². The minimum atomic E-state index is -0.705. The summed E-state index contributed by atoms with van der Waals surface area (Å²) in [7, 11) is 3.60. The van der Waals surface area contributed by atoms with Crippen molar-refractivity contribution in [1.82, 2.24) is 26.2 Å². The van der Waals surface area contributed by atoms with Crippen LogP contribution in [0.1, 0.15) is 56.7 Å². The second kappa shape index (κ2) is 12.2. The van der Waals surface area contributed by atoms with Crippen LogP contribution >= 0.6 is 0 Å². The third-order valence-electron chi connectivity index (χ3n) is 7.12. The zero-order chi connectivity index (χ0) is 26.3. The zero-order valence-corrected chi connectivity index (χ0v) is 21.7. The normalized spacial score (nSPS) is 22.8. The molecule has 1 aromatic carbocycles. The van der Waals surface area contributed by atoms with E-state index in [1.807, 2.05) is 37.9 Å². The van der Waals surface area contributed by atoms with Crippen LogP contribution in [0.2, 0.25) is 0 Å². The van der Waals surface area contributed by atoms with Gasteiger partial charge < -0.3 is 26.4 Å². The Morgan fingerprint density at radius 3 is 2.67 bits per heavy atom. The minimum Gasteiger partial charge on any atom is -0.507 e. The first kappa shape index (κ1) is 27.4. The molecule has 0 radical (unpaired) electrons. The Kier molecular flexibility index (Phi) is 9.28. The van der Waals surface area contributed by atoms with Gasteiger partial charge in [-0.15, -0.1) is 0 Å². The molecule has 1 aliphatic heterocycles. The highest BCUT2D eigenvalue weighted by Crippen LogP contribution is 2.45. The number of allylic oxidation sites excluding steroid dienone is 3. The number of benzene rings is 1. The van der Waals surface area contributed by atoms with E-state index >= 15 is 0 Å². The summed E-state index contributed by atoms with van der Waals surface area (Å²) >= 11 is 0. The number of nitrogens with zero attached hydrogens (tertiary/aromatic N) is 1. The number of aromatic hydroxyl groups is 1. The maximum atomic E-state index is 13.5. The van der Waals surface area contributed by atoms with Gasteiger partial charge in [0.25, 0.3) is 0 Å². The molecule has 2 bridgehead atoms. The molecule has 5 N–H and O–H groups in total. The molecule has 1 unspecified atom stereocenters. The summed E-state index contributed by atoms with van der Waals surface area (Å²) in [6.07, 6.45) is 7.07. The number of hydrogen-bond acceptors (Lipinski definition) is 6. The van der Waals surface area contributed by atoms with Gasteiger partial charge >= 0.3 is 0 Å². The number of fused-ring (bicyclic) bond motifs is 2. The van der Waals surface area contributed by atoms with Crippen LogP contribution in [-0.2, 0) is 14.4 Å². The fraction of sp³-hybridized carbons (Fsp3) is 0.519. The lowest BCUT2D eigenvalue weighted by molar-refractivity contribution is -0.130. The van der Waals surface area contributed by atoms with Crippen molar-refractivity contribution in [2.75, 3.05) is 40.3 Å². The van der Waals surface area contributed by atoms with Gasteiger partial charge in [0.2, 0.25) is 17.7 Å². The quantitative estimate of drug-likeness (QED) is 0.390. The minimum absolute atomic E-state index is 0.103. The van der Waals surface area contributed by atoms with Crippen molar-refractivity contribution < 1.29 is 19.5 Å². The summed E-state index contributed by atoms with van der Waals surface area (Å²) in [6, 6.07) is 4.55. The van der Waals surface area contributed by atoms with E-state index in [2.05, 4.69) is 27.3 Å². The Labute approximate surface area is 213 Å². The van der Waals surface area contributed by atoms with Crippen LogP contribution in [0.3, 0.4) is 0 Å². The first-order valence-electron chi connectivity index (χ1n) is 12.6. The lowest BCUT2D eigenvalue weighted by atomic mass is 9.93. The van der Waals surface area contributed by atoms with Gasteiger partial charge in [-0.3, -0.25) is 19.3 Å². The van der Waals surface area contributed by atoms with Crippen molar-refractivity contribution in [3.63, 3.8) is 0 Å². The Bertz CT molecular complexity index is 1040. The van der Waals surface area contributed by atoms with Gasteiger partial charge in [0.15, 0.2) is 0 Å². The molecule has 36 heavy (non-hydrogen) atoms. The molecule has 3 rings (SSSR count). The van der Waals surface area contributed by atoms with E-state index < -0.39 is 6.04 Å². The van der Waals surface area contributed by atoms with E-state index in [4.69, 9.17) is 0 Å². The topological polar surface area (TPSA) is 123 Å². The van der Waals surface area contributed by atoms with Crippen molar-refractivity contribution in [2.24, 2.45) is 0 Å². The smallest absolute Gasteiger partial charge is 0.242 e. The molecule has 196 valence electrons. The average Bonchev–Trinajstić information content (AvgIpc) is 3.66. The maximum absolute atomic E-state index is 13.5. The van der Waals surface area contributed by atoms with E-state index in [9.17, 15) is 19.5 Å². The van der Waals surface area contributed by atoms with Crippen LogP contribution in [0.5, 0.6) is 5.75 Å². The second-order valence-corrected chi connectivity index (χ2v) is 9.53. The van der Waals surface area contributed by atoms with E-state index in [0.29, 0.717) is 31.5 Å². The van der Waals surface area contributed by atoms with Gasteiger partial charge in [-0.2, -0.15) is 0 Å². The zero-order valence-electron chi connectivity index (χ0n) is 21.7. The Morgan fingerprint density at radius 2 is 2.03 bits per heavy atom. The highest BCUT2D eigenvalue weighted by atomic mass is 16.3. The number of nitrogens with one attached hydrogen (secondary N) is 4. The third kappa shape index (κ3) is 6.53. The highest BCUT2D eigenvalue weighted by molar-refractivity contribution is 5.89. The molecule has 0 spiro atoms. The number of hydrogen-bond donors (Lipinski definition) is 5. The van der Waals surface area contributed by atoms with Crippen LogP contribution in [0.4, 0.5) is 0 Å². The molecule has 3 amide bonds. The Morgan fingerprint density at radius 1 is 1.28 bits per heavy atom. The number of amides is 3. The predicted octanol–water partition coefficient (Wildman–Crippen LogP) is 1.61. The van der Waals surface area contributed by atoms with Crippen molar-refractivity contribution in [3.05, 3.63) is 47.1 Å². The van der Waals surface area contributed by atoms with Gasteiger partial charge in [0.05, 0.1) is 13.1 Å². The lowest BCUT2D eigenvalue weighted by Crippen LogP contribution is -2.51. The number of phenolic OH excluding ortho intramolecular Hbond substituents is 1. The standard InChI is InChI=1S/C27H39N5O4/c1-5-18-9-12-29-24(35)16-30-26(36)25(20-7-8-22(33)21(14-20)19(6-2)13-18)32(4)27(10-11-27)17-31-23(34)15-28-3/h5,7-8,13-14,25,28,33H,6,9-12,15-17H2,1-4H3,(H,29,35)(H,30,36)(H,31,34)/b18-5-,19-13+. The van der Waals surface area contributed by atoms with Gasteiger partial charge in [-0.1, -0.05) is 30.7 Å². The second-order valence-electron chi connectivity index (χ2n) is 9.53. The fourth-order valence-electron chi connectivity index (χ4n) is 4.66. The largest absolute Gasteiger partial charge is 0.507 e. The van der Waals surface area contributed by atoms with Crippen molar-refractivity contribution >= 4 is 23.3 Å². The predicted molar refractivity (Wildman–Crippen MR) is 140 cm³/mol. The summed E-state index contributed by atoms with van der Waals surface area (Å²) < 4.78 is 0. The molecule has 2 aliphatic rings. The number of carbonyl (C=O) groups excluding carboxylic acids is 3. The van der Waals surface area contributed by atoms with E-state index in [0.717, 1.165) is 29.6 Å². The van der Waals surface area contributed by atoms with E-state index in [-0.39, 0.29) is 42.1 Å². The Balaban J connectivity index is 2.02. The van der Waals surface area contributed by atoms with Gasteiger partial charge in [-0.05, 0) is 70.0 Å². The molecule has 1 aliphatic carbocycles. The van der Waals surface area contributed by atoms with Crippen molar-refractivity contribution in [2.45, 2.75) is 51.1 Å². The molecule has 1 fully saturated rings. The average molecular weight is 498 g/mol. The molecule has 1 atom stereocenters. The van der Waals surface area contributed by atoms with Crippen LogP contribution in [0, 0.1) is 0 Å². The molecule has 9 heteroatoms. The van der Waals surface area contributed by atoms with Crippen molar-refractivity contribution in [3.8, 4) is 5.75 Å². The summed E-state index contributed by atoms with van der Waals surface area (Å²) in [5.74, 6) is -0.493. The number of rotatable bonds is 7. The lowest BCUT2D eigenvalue weighted by Gasteiger charge is -2.35. The van der Waals surface area contributed by atoms with Gasteiger partial charge in [0.1, 0.15) is 11.8 Å². The van der Waals surface area contributed by atoms with Gasteiger partial charge in [-0.25, -0.2) is 0 Å². The molecular formula is C27H39N5O4. The maximum Gasteiger partial charge on any atom is 0.242 e. The molecule has 0 aromatic heterocycles. The number of carbonyl (C=O) groups is 3. The molecular weight excluding hydrogens is 458 g/mol. The molecule has 0 saturated heterocycles. The molecule has 1 aromatic rings. The molecule has 1 saturated carbocycles. The first-order chi connectivity index (χ1) is 17.2. The third-order valence-corrected chi connectivity index (χ3v) is 7.12.